The Kier molecular flexibility index (Phi) is 20.6. The van der Waals surface area contributed by atoms with Crippen LogP contribution in [0.4, 0.5) is 0 Å². The third kappa shape index (κ3) is 17.4. The Morgan fingerprint density at radius 3 is 2.17 bits per heavy atom. The largest absolute Gasteiger partial charge is 0.495 e. The molecule has 0 bridgehead atoms. The minimum atomic E-state index is -1.22. The lowest BCUT2D eigenvalue weighted by Crippen LogP contribution is -2.58. The molecule has 4 rings (SSSR count). The van der Waals surface area contributed by atoms with E-state index in [1.165, 1.54) is 20.1 Å². The van der Waals surface area contributed by atoms with E-state index in [2.05, 4.69) is 31.9 Å². The molecule has 6 amide bonds. The van der Waals surface area contributed by atoms with Gasteiger partial charge in [-0.3, -0.25) is 33.6 Å². The van der Waals surface area contributed by atoms with Crippen LogP contribution >= 0.6 is 11.6 Å². The lowest BCUT2D eigenvalue weighted by Gasteiger charge is -2.35. The Hall–Kier alpha value is -6.01. The van der Waals surface area contributed by atoms with E-state index >= 15 is 0 Å². The van der Waals surface area contributed by atoms with E-state index in [0.29, 0.717) is 16.3 Å². The molecule has 2 aliphatic rings. The number of carboxylic acid groups (broad SMARTS) is 1. The van der Waals surface area contributed by atoms with Gasteiger partial charge in [0.1, 0.15) is 42.1 Å². The molecular weight excluding hydrogens is 936 g/mol. The molecule has 1 unspecified atom stereocenters. The van der Waals surface area contributed by atoms with E-state index in [0.717, 1.165) is 11.1 Å². The maximum Gasteiger partial charge on any atom is 0.328 e. The van der Waals surface area contributed by atoms with Crippen LogP contribution in [0.5, 0.6) is 5.75 Å². The van der Waals surface area contributed by atoms with Gasteiger partial charge < -0.3 is 51.2 Å². The van der Waals surface area contributed by atoms with E-state index in [4.69, 9.17) is 30.9 Å². The second-order valence-corrected chi connectivity index (χ2v) is 21.1. The van der Waals surface area contributed by atoms with Crippen molar-refractivity contribution in [2.45, 2.75) is 163 Å². The number of halogens is 1. The highest BCUT2D eigenvalue weighted by Crippen LogP contribution is 2.45. The van der Waals surface area contributed by atoms with Gasteiger partial charge >= 0.3 is 11.9 Å². The fourth-order valence-electron chi connectivity index (χ4n) is 7.97. The lowest BCUT2D eigenvalue weighted by atomic mass is 9.82. The second-order valence-electron chi connectivity index (χ2n) is 20.7. The summed E-state index contributed by atoms with van der Waals surface area (Å²) in [6.07, 6.45) is 1.69. The molecule has 18 nitrogen and oxygen atoms in total. The van der Waals surface area contributed by atoms with Crippen molar-refractivity contribution >= 4 is 59.0 Å². The van der Waals surface area contributed by atoms with E-state index in [-0.39, 0.29) is 63.2 Å². The van der Waals surface area contributed by atoms with Crippen molar-refractivity contribution in [1.82, 2.24) is 31.9 Å². The monoisotopic (exact) mass is 1010 g/mol. The summed E-state index contributed by atoms with van der Waals surface area (Å²) in [5.74, 6) is -4.89. The molecule has 1 saturated heterocycles. The van der Waals surface area contributed by atoms with Crippen molar-refractivity contribution in [3.63, 3.8) is 0 Å². The zero-order valence-electron chi connectivity index (χ0n) is 42.7. The highest BCUT2D eigenvalue weighted by atomic mass is 35.5. The number of rotatable bonds is 18. The number of ether oxygens (including phenoxy) is 3. The number of amides is 6. The average Bonchev–Trinajstić information content (AvgIpc) is 4.09. The predicted molar refractivity (Wildman–Crippen MR) is 266 cm³/mol. The number of aliphatic carboxylic acids is 1. The van der Waals surface area contributed by atoms with Gasteiger partial charge in [0.25, 0.3) is 0 Å². The number of epoxide rings is 1. The van der Waals surface area contributed by atoms with Gasteiger partial charge in [-0.1, -0.05) is 89.6 Å². The fraction of sp³-hybridized carbons (Fsp3) is 0.577. The zero-order valence-corrected chi connectivity index (χ0v) is 43.5. The van der Waals surface area contributed by atoms with Crippen LogP contribution < -0.4 is 36.6 Å². The molecule has 390 valence electrons. The summed E-state index contributed by atoms with van der Waals surface area (Å²) < 4.78 is 17.7. The van der Waals surface area contributed by atoms with Crippen molar-refractivity contribution in [3.05, 3.63) is 76.3 Å². The smallest absolute Gasteiger partial charge is 0.328 e. The highest BCUT2D eigenvalue weighted by molar-refractivity contribution is 6.32. The predicted octanol–water partition coefficient (Wildman–Crippen LogP) is 4.99. The molecule has 0 spiro atoms. The Balaban J connectivity index is 1.47. The number of carbonyl (C=O) groups excluding carboxylic acids is 7. The van der Waals surface area contributed by atoms with Crippen molar-refractivity contribution in [1.29, 1.82) is 0 Å². The maximum absolute atomic E-state index is 14.2. The first-order valence-corrected chi connectivity index (χ1v) is 24.5. The minimum absolute atomic E-state index is 0.0483. The summed E-state index contributed by atoms with van der Waals surface area (Å²) >= 11 is 6.40. The van der Waals surface area contributed by atoms with Crippen LogP contribution in [0, 0.1) is 22.7 Å². The topological polar surface area (TPSA) is 260 Å². The molecule has 2 aromatic carbocycles. The summed E-state index contributed by atoms with van der Waals surface area (Å²) in [5.41, 5.74) is 0.651. The minimum Gasteiger partial charge on any atom is -0.495 e. The Bertz CT molecular complexity index is 2280. The molecule has 2 aliphatic heterocycles. The van der Waals surface area contributed by atoms with Gasteiger partial charge in [-0.2, -0.15) is 0 Å². The number of cyclic esters (lactones) is 1. The van der Waals surface area contributed by atoms with Crippen molar-refractivity contribution in [3.8, 4) is 5.75 Å². The standard InChI is InChI=1S/C52H73ClN6O12/c1-28(2)43(59-41(61)16-13-17-42(62)63)48(66)55-30(4)46(64)54-27-32-18-21-34(22-19-32)45-44(71-45)29(3)38-14-12-15-40(60)57-36(25-33-20-23-39(69-11)35(53)24-33)47(65)56-31(5)52(9,10)50(68)58-37(49(67)70-38)26-51(6,7)8/h12,15,18-24,28-31,36-38,43-45H,13-14,16-17,25-27H2,1-11H3,(H,54,64)(H,55,66)(H,56,65)(H,57,60)(H,58,68)(H,59,61)(H,62,63)/b15-12+/t29-,30-,31?,36+,37-,38-,43-,44+,45+/m0/s1. The summed E-state index contributed by atoms with van der Waals surface area (Å²) in [7, 11) is 1.49. The van der Waals surface area contributed by atoms with Crippen LogP contribution in [0.1, 0.15) is 124 Å². The van der Waals surface area contributed by atoms with Gasteiger partial charge in [-0.05, 0) is 86.8 Å². The Labute approximate surface area is 421 Å². The van der Waals surface area contributed by atoms with E-state index in [1.807, 2.05) is 52.0 Å². The first-order chi connectivity index (χ1) is 33.2. The first-order valence-electron chi connectivity index (χ1n) is 24.2. The molecule has 0 aliphatic carbocycles. The first kappa shape index (κ1) is 57.6. The number of methoxy groups -OCH3 is 1. The third-order valence-electron chi connectivity index (χ3n) is 12.8. The normalized spacial score (nSPS) is 23.6. The Morgan fingerprint density at radius 2 is 1.56 bits per heavy atom. The molecule has 0 saturated carbocycles. The average molecular weight is 1010 g/mol. The summed E-state index contributed by atoms with van der Waals surface area (Å²) in [5, 5.41) is 25.9. The van der Waals surface area contributed by atoms with Crippen LogP contribution in [0.3, 0.4) is 0 Å². The van der Waals surface area contributed by atoms with Gasteiger partial charge in [0.05, 0.1) is 23.7 Å². The number of esters is 1. The second kappa shape index (κ2) is 25.4. The van der Waals surface area contributed by atoms with Gasteiger partial charge in [0.15, 0.2) is 0 Å². The molecule has 0 radical (unpaired) electrons. The summed E-state index contributed by atoms with van der Waals surface area (Å²) in [6.45, 7) is 17.9. The number of hydrogen-bond donors (Lipinski definition) is 7. The number of carboxylic acids is 1. The number of benzene rings is 2. The zero-order chi connectivity index (χ0) is 53.0. The number of hydrogen-bond acceptors (Lipinski definition) is 11. The SMILES string of the molecule is COc1ccc(C[C@H]2NC(=O)/C=C/C[C@@H]([C@H](C)[C@H]3O[C@@H]3c3ccc(CNC(=O)[C@H](C)NC(=O)[C@@H](NC(=O)CCCC(=O)O)C(C)C)cc3)OC(=O)[C@H](CC(C)(C)C)NC(=O)C(C)(C)C(C)NC2=O)cc1Cl. The van der Waals surface area contributed by atoms with Crippen LogP contribution in [0.25, 0.3) is 0 Å². The molecule has 71 heavy (non-hydrogen) atoms. The van der Waals surface area contributed by atoms with Crippen LogP contribution in [-0.2, 0) is 60.8 Å². The third-order valence-corrected chi connectivity index (χ3v) is 13.1. The fourth-order valence-corrected chi connectivity index (χ4v) is 8.25. The molecule has 19 heteroatoms. The molecule has 9 atom stereocenters. The molecule has 0 aromatic heterocycles. The highest BCUT2D eigenvalue weighted by Gasteiger charge is 2.48. The van der Waals surface area contributed by atoms with Crippen LogP contribution in [0.2, 0.25) is 5.02 Å². The number of nitrogens with one attached hydrogen (secondary N) is 6. The Morgan fingerprint density at radius 1 is 0.901 bits per heavy atom. The summed E-state index contributed by atoms with van der Waals surface area (Å²) in [4.78, 5) is 105. The van der Waals surface area contributed by atoms with Crippen LogP contribution in [-0.4, -0.2) is 102 Å². The summed E-state index contributed by atoms with van der Waals surface area (Å²) in [6, 6.07) is 7.82. The van der Waals surface area contributed by atoms with Crippen molar-refractivity contribution < 1.29 is 57.7 Å². The van der Waals surface area contributed by atoms with E-state index in [1.54, 1.807) is 58.9 Å². The molecule has 2 aromatic rings. The van der Waals surface area contributed by atoms with Gasteiger partial charge in [0.2, 0.25) is 35.4 Å². The van der Waals surface area contributed by atoms with Gasteiger partial charge in [-0.25, -0.2) is 4.79 Å². The molecule has 2 heterocycles. The lowest BCUT2D eigenvalue weighted by molar-refractivity contribution is -0.157. The molecule has 1 fully saturated rings. The molecule has 7 N–H and O–H groups in total. The maximum atomic E-state index is 14.2. The van der Waals surface area contributed by atoms with E-state index < -0.39 is 100 Å². The van der Waals surface area contributed by atoms with Gasteiger partial charge in [-0.15, -0.1) is 0 Å². The van der Waals surface area contributed by atoms with Crippen molar-refractivity contribution in [2.75, 3.05) is 7.11 Å². The van der Waals surface area contributed by atoms with E-state index in [9.17, 15) is 38.4 Å². The van der Waals surface area contributed by atoms with Crippen LogP contribution in [0.15, 0.2) is 54.6 Å². The number of carbonyl (C=O) groups is 8. The molecular formula is C52H73ClN6O12. The van der Waals surface area contributed by atoms with Gasteiger partial charge in [0, 0.05) is 44.2 Å². The van der Waals surface area contributed by atoms with Crippen molar-refractivity contribution in [2.24, 2.45) is 22.7 Å². The quantitative estimate of drug-likeness (QED) is 0.0770.